The molecule has 0 amide bonds. The van der Waals surface area contributed by atoms with Crippen LogP contribution in [0, 0.1) is 0 Å². The maximum absolute atomic E-state index is 5.16. The van der Waals surface area contributed by atoms with E-state index >= 15 is 0 Å². The lowest BCUT2D eigenvalue weighted by Crippen LogP contribution is -2.23. The first kappa shape index (κ1) is 13.8. The number of hydrogen-bond donors (Lipinski definition) is 1. The fourth-order valence-corrected chi connectivity index (χ4v) is 2.70. The molecule has 1 saturated carbocycles. The molecule has 110 valence electrons. The quantitative estimate of drug-likeness (QED) is 0.933. The van der Waals surface area contributed by atoms with Crippen molar-refractivity contribution in [3.63, 3.8) is 0 Å². The fraction of sp³-hybridized carbons (Fsp3) is 0.438. The summed E-state index contributed by atoms with van der Waals surface area (Å²) in [6.45, 7) is 0. The van der Waals surface area contributed by atoms with E-state index in [0.29, 0.717) is 17.9 Å². The van der Waals surface area contributed by atoms with Crippen molar-refractivity contribution in [3.05, 3.63) is 30.6 Å². The molecule has 0 spiro atoms. The van der Waals surface area contributed by atoms with Gasteiger partial charge < -0.3 is 10.1 Å². The third-order valence-electron chi connectivity index (χ3n) is 3.83. The molecule has 5 heteroatoms. The van der Waals surface area contributed by atoms with Gasteiger partial charge in [-0.05, 0) is 25.0 Å². The number of pyridine rings is 1. The standard InChI is InChI=1S/C16H20N4O/c1-21-15-11-12(7-9-17-15)14-8-10-18-16(20-14)19-13-5-3-2-4-6-13/h7-11,13H,2-6H2,1H3,(H,18,19,20). The third-order valence-corrected chi connectivity index (χ3v) is 3.83. The second-order valence-electron chi connectivity index (χ2n) is 5.33. The first-order chi connectivity index (χ1) is 10.3. The van der Waals surface area contributed by atoms with Gasteiger partial charge in [-0.3, -0.25) is 0 Å². The van der Waals surface area contributed by atoms with Crippen molar-refractivity contribution in [2.45, 2.75) is 38.1 Å². The van der Waals surface area contributed by atoms with E-state index in [1.54, 1.807) is 19.5 Å². The predicted octanol–water partition coefficient (Wildman–Crippen LogP) is 3.29. The van der Waals surface area contributed by atoms with Crippen LogP contribution in [0.1, 0.15) is 32.1 Å². The summed E-state index contributed by atoms with van der Waals surface area (Å²) in [6, 6.07) is 6.21. The molecule has 0 aliphatic heterocycles. The molecule has 1 aliphatic rings. The lowest BCUT2D eigenvalue weighted by Gasteiger charge is -2.22. The van der Waals surface area contributed by atoms with E-state index < -0.39 is 0 Å². The largest absolute Gasteiger partial charge is 0.481 e. The Morgan fingerprint density at radius 3 is 2.71 bits per heavy atom. The molecule has 2 heterocycles. The smallest absolute Gasteiger partial charge is 0.223 e. The third kappa shape index (κ3) is 3.48. The molecule has 3 rings (SSSR count). The van der Waals surface area contributed by atoms with Crippen molar-refractivity contribution >= 4 is 5.95 Å². The zero-order valence-electron chi connectivity index (χ0n) is 12.2. The van der Waals surface area contributed by atoms with Crippen molar-refractivity contribution in [1.29, 1.82) is 0 Å². The Hall–Kier alpha value is -2.17. The molecule has 0 bridgehead atoms. The van der Waals surface area contributed by atoms with Gasteiger partial charge in [0.15, 0.2) is 0 Å². The minimum atomic E-state index is 0.501. The predicted molar refractivity (Wildman–Crippen MR) is 82.3 cm³/mol. The second kappa shape index (κ2) is 6.52. The SMILES string of the molecule is COc1cc(-c2ccnc(NC3CCCCC3)n2)ccn1. The normalized spacial score (nSPS) is 15.7. The van der Waals surface area contributed by atoms with Crippen LogP contribution in [-0.2, 0) is 0 Å². The molecule has 2 aromatic heterocycles. The number of anilines is 1. The summed E-state index contributed by atoms with van der Waals surface area (Å²) in [6.07, 6.45) is 9.85. The Labute approximate surface area is 124 Å². The van der Waals surface area contributed by atoms with Crippen LogP contribution in [0.4, 0.5) is 5.95 Å². The van der Waals surface area contributed by atoms with E-state index in [2.05, 4.69) is 20.3 Å². The number of ether oxygens (including phenoxy) is 1. The molecule has 0 saturated heterocycles. The number of aromatic nitrogens is 3. The summed E-state index contributed by atoms with van der Waals surface area (Å²) in [5.74, 6) is 1.29. The van der Waals surface area contributed by atoms with Crippen LogP contribution in [0.25, 0.3) is 11.3 Å². The van der Waals surface area contributed by atoms with E-state index in [0.717, 1.165) is 11.3 Å². The molecule has 21 heavy (non-hydrogen) atoms. The Balaban J connectivity index is 1.78. The molecular formula is C16H20N4O. The van der Waals surface area contributed by atoms with Crippen LogP contribution in [0.2, 0.25) is 0 Å². The molecule has 0 radical (unpaired) electrons. The van der Waals surface area contributed by atoms with Gasteiger partial charge in [-0.25, -0.2) is 15.0 Å². The van der Waals surface area contributed by atoms with Crippen molar-refractivity contribution in [3.8, 4) is 17.1 Å². The first-order valence-electron chi connectivity index (χ1n) is 7.45. The Kier molecular flexibility index (Phi) is 4.28. The minimum absolute atomic E-state index is 0.501. The summed E-state index contributed by atoms with van der Waals surface area (Å²) < 4.78 is 5.16. The number of rotatable bonds is 4. The van der Waals surface area contributed by atoms with Crippen molar-refractivity contribution in [2.24, 2.45) is 0 Å². The number of nitrogens with one attached hydrogen (secondary N) is 1. The molecule has 1 fully saturated rings. The van der Waals surface area contributed by atoms with Gasteiger partial charge in [-0.15, -0.1) is 0 Å². The topological polar surface area (TPSA) is 59.9 Å². The van der Waals surface area contributed by atoms with Gasteiger partial charge in [0.2, 0.25) is 11.8 Å². The first-order valence-corrected chi connectivity index (χ1v) is 7.45. The highest BCUT2D eigenvalue weighted by Gasteiger charge is 2.14. The van der Waals surface area contributed by atoms with Gasteiger partial charge in [0.25, 0.3) is 0 Å². The van der Waals surface area contributed by atoms with Crippen LogP contribution < -0.4 is 10.1 Å². The summed E-state index contributed by atoms with van der Waals surface area (Å²) in [5.41, 5.74) is 1.86. The highest BCUT2D eigenvalue weighted by molar-refractivity contribution is 5.60. The summed E-state index contributed by atoms with van der Waals surface area (Å²) in [7, 11) is 1.61. The fourth-order valence-electron chi connectivity index (χ4n) is 2.70. The number of hydrogen-bond acceptors (Lipinski definition) is 5. The molecule has 1 N–H and O–H groups in total. The van der Waals surface area contributed by atoms with Crippen molar-refractivity contribution in [1.82, 2.24) is 15.0 Å². The maximum atomic E-state index is 5.16. The Bertz CT molecular complexity index is 596. The summed E-state index contributed by atoms with van der Waals surface area (Å²) in [4.78, 5) is 13.1. The van der Waals surface area contributed by atoms with Gasteiger partial charge in [0.1, 0.15) is 0 Å². The van der Waals surface area contributed by atoms with E-state index in [4.69, 9.17) is 4.74 Å². The monoisotopic (exact) mass is 284 g/mol. The zero-order valence-corrected chi connectivity index (χ0v) is 12.2. The Morgan fingerprint density at radius 2 is 1.90 bits per heavy atom. The summed E-state index contributed by atoms with van der Waals surface area (Å²) in [5, 5.41) is 3.45. The molecule has 2 aromatic rings. The van der Waals surface area contributed by atoms with Crippen LogP contribution in [-0.4, -0.2) is 28.1 Å². The zero-order chi connectivity index (χ0) is 14.5. The molecular weight excluding hydrogens is 264 g/mol. The molecule has 0 atom stereocenters. The number of methoxy groups -OCH3 is 1. The van der Waals surface area contributed by atoms with Gasteiger partial charge >= 0.3 is 0 Å². The average Bonchev–Trinajstić information content (AvgIpc) is 2.56. The molecule has 1 aliphatic carbocycles. The highest BCUT2D eigenvalue weighted by atomic mass is 16.5. The van der Waals surface area contributed by atoms with Gasteiger partial charge in [0.05, 0.1) is 12.8 Å². The van der Waals surface area contributed by atoms with Crippen LogP contribution in [0.5, 0.6) is 5.88 Å². The maximum Gasteiger partial charge on any atom is 0.223 e. The van der Waals surface area contributed by atoms with Gasteiger partial charge in [-0.2, -0.15) is 0 Å². The van der Waals surface area contributed by atoms with Crippen LogP contribution >= 0.6 is 0 Å². The Morgan fingerprint density at radius 1 is 1.10 bits per heavy atom. The van der Waals surface area contributed by atoms with E-state index in [9.17, 15) is 0 Å². The highest BCUT2D eigenvalue weighted by Crippen LogP contribution is 2.23. The van der Waals surface area contributed by atoms with E-state index in [1.807, 2.05) is 18.2 Å². The van der Waals surface area contributed by atoms with E-state index in [1.165, 1.54) is 32.1 Å². The van der Waals surface area contributed by atoms with Crippen molar-refractivity contribution < 1.29 is 4.74 Å². The lowest BCUT2D eigenvalue weighted by atomic mass is 9.96. The summed E-state index contributed by atoms with van der Waals surface area (Å²) >= 11 is 0. The lowest BCUT2D eigenvalue weighted by molar-refractivity contribution is 0.398. The van der Waals surface area contributed by atoms with Gasteiger partial charge in [0, 0.05) is 30.1 Å². The van der Waals surface area contributed by atoms with Crippen LogP contribution in [0.3, 0.4) is 0 Å². The van der Waals surface area contributed by atoms with Crippen molar-refractivity contribution in [2.75, 3.05) is 12.4 Å². The molecule has 0 aromatic carbocycles. The molecule has 0 unspecified atom stereocenters. The van der Waals surface area contributed by atoms with Gasteiger partial charge in [-0.1, -0.05) is 19.3 Å². The van der Waals surface area contributed by atoms with E-state index in [-0.39, 0.29) is 0 Å². The average molecular weight is 284 g/mol. The minimum Gasteiger partial charge on any atom is -0.481 e. The number of nitrogens with zero attached hydrogens (tertiary/aromatic N) is 3. The second-order valence-corrected chi connectivity index (χ2v) is 5.33. The molecule has 5 nitrogen and oxygen atoms in total. The van der Waals surface area contributed by atoms with Crippen LogP contribution in [0.15, 0.2) is 30.6 Å².